The number of nitrogens with one attached hydrogen (secondary N) is 1. The van der Waals surface area contributed by atoms with Crippen LogP contribution in [0.3, 0.4) is 0 Å². The lowest BCUT2D eigenvalue weighted by atomic mass is 9.82. The van der Waals surface area contributed by atoms with Gasteiger partial charge in [0.25, 0.3) is 0 Å². The van der Waals surface area contributed by atoms with E-state index >= 15 is 0 Å². The van der Waals surface area contributed by atoms with E-state index in [0.717, 1.165) is 0 Å². The Balaban J connectivity index is 1.88. The minimum atomic E-state index is 0.535. The summed E-state index contributed by atoms with van der Waals surface area (Å²) in [5.41, 5.74) is 1.08. The molecule has 1 unspecified atom stereocenters. The fourth-order valence-electron chi connectivity index (χ4n) is 3.22. The Morgan fingerprint density at radius 1 is 1.20 bits per heavy atom. The largest absolute Gasteiger partial charge is 0.316 e. The topological polar surface area (TPSA) is 15.3 Å². The van der Waals surface area contributed by atoms with Gasteiger partial charge in [-0.25, -0.2) is 0 Å². The van der Waals surface area contributed by atoms with Crippen LogP contribution in [0.25, 0.3) is 0 Å². The Kier molecular flexibility index (Phi) is 3.09. The summed E-state index contributed by atoms with van der Waals surface area (Å²) in [6, 6.07) is 0. The van der Waals surface area contributed by atoms with E-state index in [9.17, 15) is 0 Å². The molecular weight excluding hydrogens is 184 g/mol. The van der Waals surface area contributed by atoms with Crippen LogP contribution in [-0.4, -0.2) is 37.6 Å². The van der Waals surface area contributed by atoms with E-state index in [-0.39, 0.29) is 0 Å². The van der Waals surface area contributed by atoms with Gasteiger partial charge in [-0.15, -0.1) is 0 Å². The molecule has 2 nitrogen and oxygen atoms in total. The van der Waals surface area contributed by atoms with Crippen molar-refractivity contribution in [2.45, 2.75) is 40.0 Å². The van der Waals surface area contributed by atoms with Gasteiger partial charge in [0.15, 0.2) is 0 Å². The second kappa shape index (κ2) is 4.06. The third-order valence-electron chi connectivity index (χ3n) is 4.04. The standard InChI is InChI=1S/C13H26N2/c1-12(2)5-4-8-15(10-12)11-13(3)6-7-14-9-13/h14H,4-11H2,1-3H3. The molecule has 2 heteroatoms. The molecule has 0 saturated carbocycles. The lowest BCUT2D eigenvalue weighted by Gasteiger charge is -2.41. The fourth-order valence-corrected chi connectivity index (χ4v) is 3.22. The van der Waals surface area contributed by atoms with Gasteiger partial charge < -0.3 is 10.2 Å². The second-order valence-corrected chi connectivity index (χ2v) is 6.72. The van der Waals surface area contributed by atoms with Gasteiger partial charge in [-0.1, -0.05) is 20.8 Å². The number of piperidine rings is 1. The Morgan fingerprint density at radius 3 is 2.60 bits per heavy atom. The van der Waals surface area contributed by atoms with Gasteiger partial charge in [-0.05, 0) is 43.2 Å². The first-order valence-electron chi connectivity index (χ1n) is 6.42. The molecule has 2 rings (SSSR count). The third-order valence-corrected chi connectivity index (χ3v) is 4.04. The van der Waals surface area contributed by atoms with Gasteiger partial charge in [0.2, 0.25) is 0 Å². The zero-order valence-electron chi connectivity index (χ0n) is 10.6. The average Bonchev–Trinajstić information content (AvgIpc) is 2.49. The number of rotatable bonds is 2. The summed E-state index contributed by atoms with van der Waals surface area (Å²) < 4.78 is 0. The zero-order chi connectivity index (χ0) is 10.9. The molecule has 15 heavy (non-hydrogen) atoms. The molecule has 2 heterocycles. The molecule has 0 spiro atoms. The van der Waals surface area contributed by atoms with Crippen LogP contribution in [0.15, 0.2) is 0 Å². The lowest BCUT2D eigenvalue weighted by molar-refractivity contribution is 0.0812. The van der Waals surface area contributed by atoms with E-state index in [1.54, 1.807) is 0 Å². The van der Waals surface area contributed by atoms with Crippen molar-refractivity contribution >= 4 is 0 Å². The van der Waals surface area contributed by atoms with E-state index in [2.05, 4.69) is 31.0 Å². The summed E-state index contributed by atoms with van der Waals surface area (Å²) in [6.45, 7) is 13.6. The lowest BCUT2D eigenvalue weighted by Crippen LogP contribution is -2.45. The highest BCUT2D eigenvalue weighted by Gasteiger charge is 2.34. The summed E-state index contributed by atoms with van der Waals surface area (Å²) in [5.74, 6) is 0. The van der Waals surface area contributed by atoms with E-state index in [0.29, 0.717) is 10.8 Å². The maximum Gasteiger partial charge on any atom is 0.00482 e. The predicted octanol–water partition coefficient (Wildman–Crippen LogP) is 2.11. The van der Waals surface area contributed by atoms with Crippen LogP contribution in [0.2, 0.25) is 0 Å². The van der Waals surface area contributed by atoms with Gasteiger partial charge in [-0.2, -0.15) is 0 Å². The maximum absolute atomic E-state index is 3.50. The summed E-state index contributed by atoms with van der Waals surface area (Å²) in [7, 11) is 0. The Hall–Kier alpha value is -0.0800. The normalized spacial score (nSPS) is 37.0. The van der Waals surface area contributed by atoms with Gasteiger partial charge >= 0.3 is 0 Å². The van der Waals surface area contributed by atoms with E-state index < -0.39 is 0 Å². The molecule has 1 N–H and O–H groups in total. The fraction of sp³-hybridized carbons (Fsp3) is 1.00. The highest BCUT2D eigenvalue weighted by atomic mass is 15.2. The number of hydrogen-bond donors (Lipinski definition) is 1. The second-order valence-electron chi connectivity index (χ2n) is 6.72. The molecule has 0 amide bonds. The van der Waals surface area contributed by atoms with Gasteiger partial charge in [-0.3, -0.25) is 0 Å². The average molecular weight is 210 g/mol. The van der Waals surface area contributed by atoms with Gasteiger partial charge in [0, 0.05) is 19.6 Å². The monoisotopic (exact) mass is 210 g/mol. The minimum Gasteiger partial charge on any atom is -0.316 e. The van der Waals surface area contributed by atoms with Crippen LogP contribution in [0.5, 0.6) is 0 Å². The first-order valence-corrected chi connectivity index (χ1v) is 6.42. The number of hydrogen-bond acceptors (Lipinski definition) is 2. The number of nitrogens with zero attached hydrogens (tertiary/aromatic N) is 1. The summed E-state index contributed by atoms with van der Waals surface area (Å²) in [6.07, 6.45) is 4.14. The highest BCUT2D eigenvalue weighted by Crippen LogP contribution is 2.32. The SMILES string of the molecule is CC1(C)CCCN(CC2(C)CCNC2)C1. The van der Waals surface area contributed by atoms with Gasteiger partial charge in [0.1, 0.15) is 0 Å². The van der Waals surface area contributed by atoms with Crippen LogP contribution in [0.1, 0.15) is 40.0 Å². The summed E-state index contributed by atoms with van der Waals surface area (Å²) in [4.78, 5) is 2.69. The Morgan fingerprint density at radius 2 is 2.00 bits per heavy atom. The quantitative estimate of drug-likeness (QED) is 0.751. The van der Waals surface area contributed by atoms with Crippen molar-refractivity contribution in [2.75, 3.05) is 32.7 Å². The molecule has 2 aliphatic heterocycles. The van der Waals surface area contributed by atoms with Crippen molar-refractivity contribution in [3.05, 3.63) is 0 Å². The van der Waals surface area contributed by atoms with Gasteiger partial charge in [0.05, 0.1) is 0 Å². The van der Waals surface area contributed by atoms with Crippen LogP contribution in [0.4, 0.5) is 0 Å². The van der Waals surface area contributed by atoms with Crippen molar-refractivity contribution in [3.63, 3.8) is 0 Å². The van der Waals surface area contributed by atoms with E-state index in [4.69, 9.17) is 0 Å². The predicted molar refractivity (Wildman–Crippen MR) is 65.0 cm³/mol. The van der Waals surface area contributed by atoms with Crippen LogP contribution in [-0.2, 0) is 0 Å². The molecule has 0 aromatic heterocycles. The molecule has 0 aliphatic carbocycles. The molecule has 2 aliphatic rings. The molecule has 2 fully saturated rings. The van der Waals surface area contributed by atoms with Crippen LogP contribution in [0, 0.1) is 10.8 Å². The van der Waals surface area contributed by atoms with Crippen molar-refractivity contribution in [2.24, 2.45) is 10.8 Å². The van der Waals surface area contributed by atoms with E-state index in [1.165, 1.54) is 52.0 Å². The van der Waals surface area contributed by atoms with Crippen LogP contribution >= 0.6 is 0 Å². The van der Waals surface area contributed by atoms with Crippen molar-refractivity contribution < 1.29 is 0 Å². The molecule has 0 bridgehead atoms. The minimum absolute atomic E-state index is 0.535. The first kappa shape index (κ1) is 11.4. The van der Waals surface area contributed by atoms with Crippen molar-refractivity contribution in [1.29, 1.82) is 0 Å². The summed E-state index contributed by atoms with van der Waals surface area (Å²) in [5, 5.41) is 3.50. The Bertz CT molecular complexity index is 217. The smallest absolute Gasteiger partial charge is 0.00482 e. The first-order chi connectivity index (χ1) is 6.99. The number of likely N-dealkylation sites (tertiary alicyclic amines) is 1. The summed E-state index contributed by atoms with van der Waals surface area (Å²) >= 11 is 0. The molecule has 0 aromatic carbocycles. The highest BCUT2D eigenvalue weighted by molar-refractivity contribution is 4.89. The van der Waals surface area contributed by atoms with Crippen LogP contribution < -0.4 is 5.32 Å². The molecule has 0 radical (unpaired) electrons. The molecule has 1 atom stereocenters. The van der Waals surface area contributed by atoms with Crippen molar-refractivity contribution in [3.8, 4) is 0 Å². The van der Waals surface area contributed by atoms with Crippen molar-refractivity contribution in [1.82, 2.24) is 10.2 Å². The van der Waals surface area contributed by atoms with E-state index in [1.807, 2.05) is 0 Å². The molecule has 88 valence electrons. The molecular formula is C13H26N2. The molecule has 0 aromatic rings. The zero-order valence-corrected chi connectivity index (χ0v) is 10.6. The Labute approximate surface area is 94.4 Å². The third kappa shape index (κ3) is 2.94. The molecule has 2 saturated heterocycles. The maximum atomic E-state index is 3.50.